The van der Waals surface area contributed by atoms with Crippen molar-refractivity contribution in [2.45, 2.75) is 6.92 Å². The lowest BCUT2D eigenvalue weighted by Crippen LogP contribution is -2.22. The predicted octanol–water partition coefficient (Wildman–Crippen LogP) is 0.0790. The van der Waals surface area contributed by atoms with Crippen LogP contribution in [0.25, 0.3) is 0 Å². The van der Waals surface area contributed by atoms with Crippen LogP contribution in [0.1, 0.15) is 12.6 Å². The number of rotatable bonds is 2. The molecule has 0 saturated carbocycles. The van der Waals surface area contributed by atoms with Gasteiger partial charge in [0, 0.05) is 6.20 Å². The monoisotopic (exact) mass is 177 g/mol. The van der Waals surface area contributed by atoms with Crippen LogP contribution >= 0.6 is 0 Å². The van der Waals surface area contributed by atoms with Gasteiger partial charge in [0.15, 0.2) is 0 Å². The van der Waals surface area contributed by atoms with Crippen molar-refractivity contribution in [1.29, 1.82) is 0 Å². The van der Waals surface area contributed by atoms with Gasteiger partial charge in [-0.2, -0.15) is 5.10 Å². The third-order valence-electron chi connectivity index (χ3n) is 1.35. The van der Waals surface area contributed by atoms with Gasteiger partial charge >= 0.3 is 0 Å². The molecule has 0 aliphatic heterocycles. The second-order valence-electron chi connectivity index (χ2n) is 2.43. The molecule has 0 aliphatic carbocycles. The topological polar surface area (TPSA) is 89.6 Å². The largest absolute Gasteiger partial charge is 0.369 e. The van der Waals surface area contributed by atoms with Gasteiger partial charge in [-0.1, -0.05) is 6.07 Å². The summed E-state index contributed by atoms with van der Waals surface area (Å²) in [6, 6.07) is 5.54. The summed E-state index contributed by atoms with van der Waals surface area (Å²) in [6.07, 6.45) is 1.68. The van der Waals surface area contributed by atoms with Gasteiger partial charge in [0.05, 0.1) is 11.4 Å². The highest BCUT2D eigenvalue weighted by atomic mass is 15.3. The maximum absolute atomic E-state index is 5.12. The van der Waals surface area contributed by atoms with Crippen LogP contribution in [-0.2, 0) is 0 Å². The molecule has 68 valence electrons. The molecule has 0 aliphatic rings. The van der Waals surface area contributed by atoms with Crippen LogP contribution < -0.4 is 11.5 Å². The molecular weight excluding hydrogens is 166 g/mol. The highest BCUT2D eigenvalue weighted by molar-refractivity contribution is 5.97. The summed E-state index contributed by atoms with van der Waals surface area (Å²) >= 11 is 0. The van der Waals surface area contributed by atoms with Crippen molar-refractivity contribution in [2.75, 3.05) is 0 Å². The van der Waals surface area contributed by atoms with Crippen molar-refractivity contribution >= 4 is 11.7 Å². The molecule has 0 fully saturated rings. The summed E-state index contributed by atoms with van der Waals surface area (Å²) in [5.41, 5.74) is 11.7. The summed E-state index contributed by atoms with van der Waals surface area (Å²) in [4.78, 5) is 4.07. The molecule has 1 aromatic rings. The third kappa shape index (κ3) is 2.90. The molecule has 0 spiro atoms. The molecule has 0 radical (unpaired) electrons. The molecule has 5 nitrogen and oxygen atoms in total. The first-order valence-electron chi connectivity index (χ1n) is 3.75. The van der Waals surface area contributed by atoms with Crippen LogP contribution in [-0.4, -0.2) is 16.7 Å². The van der Waals surface area contributed by atoms with Gasteiger partial charge in [-0.05, 0) is 19.1 Å². The van der Waals surface area contributed by atoms with Gasteiger partial charge in [0.2, 0.25) is 5.96 Å². The van der Waals surface area contributed by atoms with E-state index in [-0.39, 0.29) is 5.96 Å². The molecule has 0 atom stereocenters. The van der Waals surface area contributed by atoms with E-state index in [4.69, 9.17) is 11.5 Å². The van der Waals surface area contributed by atoms with Gasteiger partial charge in [0.25, 0.3) is 0 Å². The van der Waals surface area contributed by atoms with E-state index in [9.17, 15) is 0 Å². The van der Waals surface area contributed by atoms with E-state index in [1.807, 2.05) is 18.2 Å². The molecule has 0 bridgehead atoms. The molecule has 4 N–H and O–H groups in total. The minimum atomic E-state index is -0.0599. The Morgan fingerprint density at radius 2 is 2.08 bits per heavy atom. The molecule has 13 heavy (non-hydrogen) atoms. The van der Waals surface area contributed by atoms with Gasteiger partial charge in [-0.25, -0.2) is 0 Å². The predicted molar refractivity (Wildman–Crippen MR) is 52.3 cm³/mol. The standard InChI is InChI=1S/C8H11N5/c1-6(12-13-8(9)10)7-4-2-3-5-11-7/h2-5H,1H3,(H4,9,10,13)/b12-6+. The average Bonchev–Trinajstić information content (AvgIpc) is 2.15. The van der Waals surface area contributed by atoms with E-state index in [2.05, 4.69) is 15.2 Å². The molecule has 0 amide bonds. The molecular formula is C8H11N5. The molecule has 1 rings (SSSR count). The lowest BCUT2D eigenvalue weighted by molar-refractivity contribution is 1.18. The van der Waals surface area contributed by atoms with Crippen LogP contribution in [0, 0.1) is 0 Å². The highest BCUT2D eigenvalue weighted by Crippen LogP contribution is 1.95. The SMILES string of the molecule is C/C(=N\N=C(N)N)c1ccccn1. The zero-order chi connectivity index (χ0) is 9.68. The number of aromatic nitrogens is 1. The second kappa shape index (κ2) is 4.20. The Morgan fingerprint density at radius 3 is 2.62 bits per heavy atom. The summed E-state index contributed by atoms with van der Waals surface area (Å²) in [5.74, 6) is -0.0599. The Balaban J connectivity index is 2.86. The van der Waals surface area contributed by atoms with Crippen LogP contribution in [0.5, 0.6) is 0 Å². The fourth-order valence-corrected chi connectivity index (χ4v) is 0.761. The molecule has 0 saturated heterocycles. The summed E-state index contributed by atoms with van der Waals surface area (Å²) in [6.45, 7) is 1.79. The van der Waals surface area contributed by atoms with E-state index >= 15 is 0 Å². The fourth-order valence-electron chi connectivity index (χ4n) is 0.761. The Kier molecular flexibility index (Phi) is 2.97. The number of pyridine rings is 1. The Morgan fingerprint density at radius 1 is 1.31 bits per heavy atom. The molecule has 1 aromatic heterocycles. The summed E-state index contributed by atoms with van der Waals surface area (Å²) in [7, 11) is 0. The minimum absolute atomic E-state index is 0.0599. The highest BCUT2D eigenvalue weighted by Gasteiger charge is 1.95. The Bertz CT molecular complexity index is 324. The molecule has 0 unspecified atom stereocenters. The van der Waals surface area contributed by atoms with Gasteiger partial charge < -0.3 is 11.5 Å². The van der Waals surface area contributed by atoms with Gasteiger partial charge in [0.1, 0.15) is 0 Å². The maximum atomic E-state index is 5.12. The van der Waals surface area contributed by atoms with Crippen LogP contribution in [0.4, 0.5) is 0 Å². The maximum Gasteiger partial charge on any atom is 0.211 e. The smallest absolute Gasteiger partial charge is 0.211 e. The van der Waals surface area contributed by atoms with Crippen LogP contribution in [0.15, 0.2) is 34.6 Å². The third-order valence-corrected chi connectivity index (χ3v) is 1.35. The summed E-state index contributed by atoms with van der Waals surface area (Å²) in [5, 5.41) is 7.31. The van der Waals surface area contributed by atoms with E-state index in [0.717, 1.165) is 5.69 Å². The molecule has 0 aromatic carbocycles. The average molecular weight is 177 g/mol. The van der Waals surface area contributed by atoms with E-state index in [1.54, 1.807) is 13.1 Å². The van der Waals surface area contributed by atoms with Crippen molar-refractivity contribution < 1.29 is 0 Å². The van der Waals surface area contributed by atoms with Gasteiger partial charge in [-0.15, -0.1) is 5.10 Å². The number of nitrogens with two attached hydrogens (primary N) is 2. The van der Waals surface area contributed by atoms with Crippen LogP contribution in [0.2, 0.25) is 0 Å². The lowest BCUT2D eigenvalue weighted by Gasteiger charge is -1.95. The Hall–Kier alpha value is -1.91. The first-order chi connectivity index (χ1) is 6.20. The first kappa shape index (κ1) is 9.18. The summed E-state index contributed by atoms with van der Waals surface area (Å²) < 4.78 is 0. The van der Waals surface area contributed by atoms with Crippen molar-refractivity contribution in [3.63, 3.8) is 0 Å². The number of nitrogens with zero attached hydrogens (tertiary/aromatic N) is 3. The van der Waals surface area contributed by atoms with Gasteiger partial charge in [-0.3, -0.25) is 4.98 Å². The zero-order valence-electron chi connectivity index (χ0n) is 7.31. The zero-order valence-corrected chi connectivity index (χ0v) is 7.31. The quantitative estimate of drug-likeness (QED) is 0.381. The normalized spacial score (nSPS) is 11.0. The minimum Gasteiger partial charge on any atom is -0.369 e. The van der Waals surface area contributed by atoms with E-state index in [0.29, 0.717) is 5.71 Å². The van der Waals surface area contributed by atoms with Crippen molar-refractivity contribution in [2.24, 2.45) is 21.7 Å². The number of hydrogen-bond acceptors (Lipinski definition) is 3. The van der Waals surface area contributed by atoms with Crippen molar-refractivity contribution in [3.8, 4) is 0 Å². The molecule has 5 heteroatoms. The van der Waals surface area contributed by atoms with Crippen molar-refractivity contribution in [3.05, 3.63) is 30.1 Å². The van der Waals surface area contributed by atoms with Crippen molar-refractivity contribution in [1.82, 2.24) is 4.98 Å². The molecule has 1 heterocycles. The second-order valence-corrected chi connectivity index (χ2v) is 2.43. The number of guanidine groups is 1. The van der Waals surface area contributed by atoms with E-state index in [1.165, 1.54) is 0 Å². The fraction of sp³-hybridized carbons (Fsp3) is 0.125. The first-order valence-corrected chi connectivity index (χ1v) is 3.75. The van der Waals surface area contributed by atoms with Crippen LogP contribution in [0.3, 0.4) is 0 Å². The van der Waals surface area contributed by atoms with E-state index < -0.39 is 0 Å². The lowest BCUT2D eigenvalue weighted by atomic mass is 10.3. The Labute approximate surface area is 76.2 Å². The number of hydrogen-bond donors (Lipinski definition) is 2.